The van der Waals surface area contributed by atoms with E-state index >= 15 is 0 Å². The van der Waals surface area contributed by atoms with Gasteiger partial charge in [-0.15, -0.1) is 0 Å². The Labute approximate surface area is 385 Å². The van der Waals surface area contributed by atoms with Gasteiger partial charge in [0.05, 0.1) is 12.7 Å². The number of hydrogen-bond acceptors (Lipinski definition) is 6. The van der Waals surface area contributed by atoms with Gasteiger partial charge in [0, 0.05) is 26.2 Å². The zero-order chi connectivity index (χ0) is 44.8. The number of ether oxygens (including phenoxy) is 4. The Morgan fingerprint density at radius 3 is 1.65 bits per heavy atom. The Morgan fingerprint density at radius 2 is 1.10 bits per heavy atom. The van der Waals surface area contributed by atoms with Crippen LogP contribution >= 0.6 is 0 Å². The quantitative estimate of drug-likeness (QED) is 0.0345. The molecule has 0 saturated heterocycles. The fourth-order valence-electron chi connectivity index (χ4n) is 8.30. The van der Waals surface area contributed by atoms with Crippen LogP contribution < -0.4 is 0 Å². The zero-order valence-electron chi connectivity index (χ0n) is 41.5. The second-order valence-electron chi connectivity index (χ2n) is 18.3. The summed E-state index contributed by atoms with van der Waals surface area (Å²) >= 11 is 0. The van der Waals surface area contributed by atoms with Gasteiger partial charge >= 0.3 is 5.97 Å². The molecule has 1 aliphatic rings. The summed E-state index contributed by atoms with van der Waals surface area (Å²) in [5.41, 5.74) is 0. The predicted molar refractivity (Wildman–Crippen MR) is 268 cm³/mol. The largest absolute Gasteiger partial charge is 0.463 e. The summed E-state index contributed by atoms with van der Waals surface area (Å²) in [7, 11) is 4.21. The Balaban J connectivity index is 2.43. The fraction of sp³-hybridized carbons (Fsp3) is 0.804. The van der Waals surface area contributed by atoms with Crippen LogP contribution in [0.5, 0.6) is 0 Å². The monoisotopic (exact) mass is 868 g/mol. The smallest absolute Gasteiger partial charge is 0.306 e. The third kappa shape index (κ3) is 37.4. The first kappa shape index (κ1) is 58.0. The molecule has 1 fully saturated rings. The minimum Gasteiger partial charge on any atom is -0.463 e. The molecule has 360 valence electrons. The van der Waals surface area contributed by atoms with Crippen molar-refractivity contribution in [1.29, 1.82) is 0 Å². The van der Waals surface area contributed by atoms with Gasteiger partial charge in [-0.05, 0) is 142 Å². The molecule has 0 amide bonds. The van der Waals surface area contributed by atoms with Crippen molar-refractivity contribution in [3.8, 4) is 0 Å². The Bertz CT molecular complexity index is 1110. The van der Waals surface area contributed by atoms with Gasteiger partial charge in [0.2, 0.25) is 0 Å². The van der Waals surface area contributed by atoms with Crippen LogP contribution in [0, 0.1) is 11.8 Å². The average molecular weight is 868 g/mol. The number of carbonyl (C=O) groups is 1. The first-order valence-electron chi connectivity index (χ1n) is 26.4. The molecule has 0 heterocycles. The maximum atomic E-state index is 13.3. The van der Waals surface area contributed by atoms with E-state index in [4.69, 9.17) is 18.9 Å². The molecule has 0 N–H and O–H groups in total. The van der Waals surface area contributed by atoms with Crippen LogP contribution in [-0.4, -0.2) is 76.8 Å². The maximum Gasteiger partial charge on any atom is 0.306 e. The molecule has 6 nitrogen and oxygen atoms in total. The van der Waals surface area contributed by atoms with Crippen LogP contribution in [0.25, 0.3) is 0 Å². The minimum atomic E-state index is -0.221. The molecule has 1 saturated carbocycles. The van der Waals surface area contributed by atoms with Crippen LogP contribution in [0.4, 0.5) is 0 Å². The zero-order valence-corrected chi connectivity index (χ0v) is 41.5. The lowest BCUT2D eigenvalue weighted by molar-refractivity contribution is -0.151. The van der Waals surface area contributed by atoms with Crippen LogP contribution in [0.15, 0.2) is 60.8 Å². The molecule has 6 heteroatoms. The summed E-state index contributed by atoms with van der Waals surface area (Å²) in [5, 5.41) is 0. The summed E-state index contributed by atoms with van der Waals surface area (Å²) in [6, 6.07) is 0. The maximum absolute atomic E-state index is 13.3. The standard InChI is InChI=1S/C56H101NO5/c1-6-9-12-14-16-18-20-22-24-26-28-30-32-34-36-39-46-59-50-53(60-47-40-37-35-33-31-29-27-25-23-21-19-17-15-13-10-7-2)51-62-56(58)49-52-43-44-55(54(52)42-38-11-8-3)61-48-41-45-57(4)5/h11,16-19,22-25,38,52-55H,6-10,12-15,20-21,26-37,39-51H2,1-5H3/b18-16-,19-17-,24-22-,25-23-,38-11-. The minimum absolute atomic E-state index is 0.111. The molecule has 4 unspecified atom stereocenters. The van der Waals surface area contributed by atoms with E-state index in [1.807, 2.05) is 0 Å². The molecule has 0 radical (unpaired) electrons. The van der Waals surface area contributed by atoms with Crippen molar-refractivity contribution in [1.82, 2.24) is 4.90 Å². The van der Waals surface area contributed by atoms with Crippen molar-refractivity contribution in [3.05, 3.63) is 60.8 Å². The second-order valence-corrected chi connectivity index (χ2v) is 18.3. The van der Waals surface area contributed by atoms with Crippen molar-refractivity contribution in [2.24, 2.45) is 11.8 Å². The molecular weight excluding hydrogens is 767 g/mol. The first-order valence-corrected chi connectivity index (χ1v) is 26.4. The number of hydrogen-bond donors (Lipinski definition) is 0. The average Bonchev–Trinajstić information content (AvgIpc) is 3.64. The first-order chi connectivity index (χ1) is 30.5. The Kier molecular flexibility index (Phi) is 42.7. The van der Waals surface area contributed by atoms with Crippen molar-refractivity contribution in [2.75, 3.05) is 53.7 Å². The summed E-state index contributed by atoms with van der Waals surface area (Å²) < 4.78 is 24.8. The molecule has 4 atom stereocenters. The van der Waals surface area contributed by atoms with E-state index in [0.717, 1.165) is 77.5 Å². The molecule has 0 aromatic heterocycles. The van der Waals surface area contributed by atoms with E-state index in [2.05, 4.69) is 101 Å². The van der Waals surface area contributed by atoms with E-state index in [-0.39, 0.29) is 24.8 Å². The third-order valence-corrected chi connectivity index (χ3v) is 12.1. The Morgan fingerprint density at radius 1 is 0.565 bits per heavy atom. The lowest BCUT2D eigenvalue weighted by Gasteiger charge is -2.24. The van der Waals surface area contributed by atoms with Gasteiger partial charge in [-0.1, -0.05) is 159 Å². The van der Waals surface area contributed by atoms with E-state index in [9.17, 15) is 4.79 Å². The van der Waals surface area contributed by atoms with Crippen LogP contribution in [-0.2, 0) is 23.7 Å². The number of nitrogens with zero attached hydrogens (tertiary/aromatic N) is 1. The van der Waals surface area contributed by atoms with Crippen molar-refractivity contribution in [2.45, 2.75) is 226 Å². The number of allylic oxidation sites excluding steroid dienone is 10. The van der Waals surface area contributed by atoms with Gasteiger partial charge in [0.25, 0.3) is 0 Å². The normalized spacial score (nSPS) is 17.7. The van der Waals surface area contributed by atoms with Gasteiger partial charge in [0.1, 0.15) is 12.7 Å². The molecule has 1 aliphatic carbocycles. The molecule has 0 aromatic carbocycles. The summed E-state index contributed by atoms with van der Waals surface area (Å²) in [5.74, 6) is 0.541. The van der Waals surface area contributed by atoms with E-state index in [1.54, 1.807) is 0 Å². The molecule has 1 rings (SSSR count). The second kappa shape index (κ2) is 45.6. The highest BCUT2D eigenvalue weighted by atomic mass is 16.6. The van der Waals surface area contributed by atoms with Crippen molar-refractivity contribution in [3.63, 3.8) is 0 Å². The van der Waals surface area contributed by atoms with Gasteiger partial charge in [-0.25, -0.2) is 0 Å². The third-order valence-electron chi connectivity index (χ3n) is 12.1. The number of unbranched alkanes of at least 4 members (excludes halogenated alkanes) is 18. The number of rotatable bonds is 45. The highest BCUT2D eigenvalue weighted by molar-refractivity contribution is 5.69. The van der Waals surface area contributed by atoms with E-state index in [0.29, 0.717) is 31.5 Å². The van der Waals surface area contributed by atoms with Crippen molar-refractivity contribution >= 4 is 5.97 Å². The summed E-state index contributed by atoms with van der Waals surface area (Å²) in [6.45, 7) is 10.7. The predicted octanol–water partition coefficient (Wildman–Crippen LogP) is 15.7. The van der Waals surface area contributed by atoms with Gasteiger partial charge in [0.15, 0.2) is 0 Å². The lowest BCUT2D eigenvalue weighted by Crippen LogP contribution is -2.29. The molecule has 62 heavy (non-hydrogen) atoms. The van der Waals surface area contributed by atoms with Crippen LogP contribution in [0.2, 0.25) is 0 Å². The van der Waals surface area contributed by atoms with Crippen LogP contribution in [0.1, 0.15) is 213 Å². The van der Waals surface area contributed by atoms with Crippen LogP contribution in [0.3, 0.4) is 0 Å². The molecule has 0 aliphatic heterocycles. The number of carbonyl (C=O) groups excluding carboxylic acids is 1. The summed E-state index contributed by atoms with van der Waals surface area (Å²) in [4.78, 5) is 15.5. The van der Waals surface area contributed by atoms with E-state index in [1.165, 1.54) is 128 Å². The molecular formula is C56H101NO5. The summed E-state index contributed by atoms with van der Waals surface area (Å²) in [6.07, 6.45) is 58.3. The number of esters is 1. The molecule has 0 aromatic rings. The SMILES string of the molecule is CC/C=C\CC1C(CC(=O)OCC(COCCCCCCCC/C=C\C/C=C\CCCCC)OCCCCCCCC/C=C\C/C=C\CCCCC)CCC1OCCCN(C)C. The highest BCUT2D eigenvalue weighted by Gasteiger charge is 2.37. The van der Waals surface area contributed by atoms with Crippen molar-refractivity contribution < 1.29 is 23.7 Å². The molecule has 0 spiro atoms. The van der Waals surface area contributed by atoms with Gasteiger partial charge in [-0.2, -0.15) is 0 Å². The topological polar surface area (TPSA) is 57.2 Å². The van der Waals surface area contributed by atoms with E-state index < -0.39 is 0 Å². The Hall–Kier alpha value is -1.99. The lowest BCUT2D eigenvalue weighted by atomic mass is 9.88. The van der Waals surface area contributed by atoms with Gasteiger partial charge < -0.3 is 23.8 Å². The van der Waals surface area contributed by atoms with Gasteiger partial charge in [-0.3, -0.25) is 4.79 Å². The molecule has 0 bridgehead atoms. The fourth-order valence-corrected chi connectivity index (χ4v) is 8.30. The highest BCUT2D eigenvalue weighted by Crippen LogP contribution is 2.39.